The highest BCUT2D eigenvalue weighted by molar-refractivity contribution is 14.1. The number of methoxy groups -OCH3 is 1. The van der Waals surface area contributed by atoms with Gasteiger partial charge in [-0.1, -0.05) is 22.6 Å². The van der Waals surface area contributed by atoms with Crippen LogP contribution in [0.25, 0.3) is 0 Å². The fourth-order valence-electron chi connectivity index (χ4n) is 1.15. The van der Waals surface area contributed by atoms with E-state index >= 15 is 0 Å². The number of rotatable bonds is 4. The lowest BCUT2D eigenvalue weighted by molar-refractivity contribution is -0.139. The van der Waals surface area contributed by atoms with Gasteiger partial charge in [0.15, 0.2) is 0 Å². The van der Waals surface area contributed by atoms with E-state index < -0.39 is 3.92 Å². The molecule has 1 aromatic rings. The Balaban J connectivity index is 2.60. The molecule has 98 valence electrons. The number of benzene rings is 1. The summed E-state index contributed by atoms with van der Waals surface area (Å²) in [7, 11) is 1.30. The molecule has 0 aromatic heterocycles. The van der Waals surface area contributed by atoms with Crippen LogP contribution in [-0.2, 0) is 9.53 Å². The number of hydrogen-bond acceptors (Lipinski definition) is 4. The van der Waals surface area contributed by atoms with E-state index in [1.54, 1.807) is 12.1 Å². The third-order valence-electron chi connectivity index (χ3n) is 2.11. The highest BCUT2D eigenvalue weighted by atomic mass is 127. The van der Waals surface area contributed by atoms with Gasteiger partial charge >= 0.3 is 5.97 Å². The minimum Gasteiger partial charge on any atom is -0.507 e. The Bertz CT molecular complexity index is 464. The summed E-state index contributed by atoms with van der Waals surface area (Å²) in [5.74, 6) is -0.670. The molecule has 1 aromatic carbocycles. The van der Waals surface area contributed by atoms with Crippen molar-refractivity contribution in [2.45, 2.75) is 3.92 Å². The van der Waals surface area contributed by atoms with Crippen LogP contribution in [0.15, 0.2) is 18.2 Å². The van der Waals surface area contributed by atoms with Crippen LogP contribution < -0.4 is 5.32 Å². The molecule has 2 N–H and O–H groups in total. The highest BCUT2D eigenvalue weighted by Gasteiger charge is 2.16. The number of ether oxygens (including phenoxy) is 1. The molecule has 0 saturated heterocycles. The number of carbonyl (C=O) groups excluding carboxylic acids is 2. The summed E-state index contributed by atoms with van der Waals surface area (Å²) >= 11 is 3.86. The summed E-state index contributed by atoms with van der Waals surface area (Å²) in [6.45, 7) is 0.179. The number of aromatic hydroxyl groups is 1. The lowest BCUT2D eigenvalue weighted by Gasteiger charge is -2.09. The van der Waals surface area contributed by atoms with E-state index in [0.29, 0.717) is 9.13 Å². The Morgan fingerprint density at radius 2 is 2.17 bits per heavy atom. The molecular formula is C11H11I2NO4. The molecule has 0 spiro atoms. The van der Waals surface area contributed by atoms with Crippen molar-refractivity contribution in [3.05, 3.63) is 27.3 Å². The zero-order valence-electron chi connectivity index (χ0n) is 9.44. The first kappa shape index (κ1) is 15.5. The van der Waals surface area contributed by atoms with Gasteiger partial charge in [-0.25, -0.2) is 0 Å². The average molecular weight is 475 g/mol. The predicted octanol–water partition coefficient (Wildman–Crippen LogP) is 1.70. The number of phenols is 1. The van der Waals surface area contributed by atoms with Crippen LogP contribution in [0.4, 0.5) is 0 Å². The standard InChI is InChI=1S/C11H11I2NO4/c1-18-11(17)8(13)5-14-10(16)6-2-3-7(12)9(15)4-6/h2-4,8,15H,5H2,1H3,(H,14,16). The quantitative estimate of drug-likeness (QED) is 0.396. The van der Waals surface area contributed by atoms with Crippen LogP contribution in [0.2, 0.25) is 0 Å². The maximum absolute atomic E-state index is 11.7. The Morgan fingerprint density at radius 1 is 1.50 bits per heavy atom. The van der Waals surface area contributed by atoms with Crippen molar-refractivity contribution in [3.8, 4) is 5.75 Å². The van der Waals surface area contributed by atoms with Crippen LogP contribution in [-0.4, -0.2) is 34.6 Å². The van der Waals surface area contributed by atoms with E-state index in [0.717, 1.165) is 0 Å². The fourth-order valence-corrected chi connectivity index (χ4v) is 1.96. The first-order valence-electron chi connectivity index (χ1n) is 4.94. The summed E-state index contributed by atoms with van der Waals surface area (Å²) in [5, 5.41) is 12.1. The van der Waals surface area contributed by atoms with E-state index in [1.165, 1.54) is 13.2 Å². The minimum absolute atomic E-state index is 0.0576. The van der Waals surface area contributed by atoms with E-state index in [2.05, 4.69) is 10.1 Å². The van der Waals surface area contributed by atoms with Gasteiger partial charge in [0.05, 0.1) is 10.7 Å². The van der Waals surface area contributed by atoms with Crippen LogP contribution >= 0.6 is 45.2 Å². The van der Waals surface area contributed by atoms with Crippen molar-refractivity contribution in [2.24, 2.45) is 0 Å². The summed E-state index contributed by atoms with van der Waals surface area (Å²) in [4.78, 5) is 22.9. The van der Waals surface area contributed by atoms with Crippen molar-refractivity contribution in [1.82, 2.24) is 5.32 Å². The van der Waals surface area contributed by atoms with E-state index in [1.807, 2.05) is 45.2 Å². The number of esters is 1. The summed E-state index contributed by atoms with van der Waals surface area (Å²) < 4.78 is 4.78. The number of alkyl halides is 1. The summed E-state index contributed by atoms with van der Waals surface area (Å²) in [6, 6.07) is 4.64. The van der Waals surface area contributed by atoms with Gasteiger partial charge in [0.1, 0.15) is 9.67 Å². The van der Waals surface area contributed by atoms with Gasteiger partial charge in [-0.2, -0.15) is 0 Å². The van der Waals surface area contributed by atoms with Crippen molar-refractivity contribution in [1.29, 1.82) is 0 Å². The van der Waals surface area contributed by atoms with Crippen molar-refractivity contribution >= 4 is 57.1 Å². The van der Waals surface area contributed by atoms with Gasteiger partial charge in [-0.3, -0.25) is 9.59 Å². The zero-order valence-corrected chi connectivity index (χ0v) is 13.8. The topological polar surface area (TPSA) is 75.6 Å². The molecule has 0 saturated carbocycles. The molecule has 0 aliphatic rings. The molecule has 1 rings (SSSR count). The molecular weight excluding hydrogens is 464 g/mol. The SMILES string of the molecule is COC(=O)C(I)CNC(=O)c1ccc(I)c(O)c1. The number of halogens is 2. The largest absolute Gasteiger partial charge is 0.507 e. The maximum Gasteiger partial charge on any atom is 0.320 e. The lowest BCUT2D eigenvalue weighted by atomic mass is 10.2. The van der Waals surface area contributed by atoms with Crippen LogP contribution in [0.3, 0.4) is 0 Å². The van der Waals surface area contributed by atoms with Crippen LogP contribution in [0.5, 0.6) is 5.75 Å². The first-order valence-corrected chi connectivity index (χ1v) is 7.26. The second-order valence-corrected chi connectivity index (χ2v) is 6.03. The molecule has 0 aliphatic heterocycles. The van der Waals surface area contributed by atoms with Gasteiger partial charge in [-0.15, -0.1) is 0 Å². The van der Waals surface area contributed by atoms with E-state index in [-0.39, 0.29) is 24.2 Å². The molecule has 5 nitrogen and oxygen atoms in total. The normalized spacial score (nSPS) is 11.7. The maximum atomic E-state index is 11.7. The summed E-state index contributed by atoms with van der Waals surface area (Å²) in [6.07, 6.45) is 0. The smallest absolute Gasteiger partial charge is 0.320 e. The minimum atomic E-state index is -0.436. The number of amides is 1. The van der Waals surface area contributed by atoms with E-state index in [4.69, 9.17) is 0 Å². The van der Waals surface area contributed by atoms with Gasteiger partial charge in [-0.05, 0) is 40.8 Å². The van der Waals surface area contributed by atoms with Gasteiger partial charge in [0.2, 0.25) is 0 Å². The molecule has 0 heterocycles. The van der Waals surface area contributed by atoms with E-state index in [9.17, 15) is 14.7 Å². The average Bonchev–Trinajstić information content (AvgIpc) is 2.37. The molecule has 1 atom stereocenters. The van der Waals surface area contributed by atoms with Crippen molar-refractivity contribution in [3.63, 3.8) is 0 Å². The monoisotopic (exact) mass is 475 g/mol. The molecule has 0 bridgehead atoms. The first-order chi connectivity index (χ1) is 8.45. The Hall–Kier alpha value is -0.580. The fraction of sp³-hybridized carbons (Fsp3) is 0.273. The van der Waals surface area contributed by atoms with Gasteiger partial charge in [0, 0.05) is 12.1 Å². The molecule has 0 radical (unpaired) electrons. The van der Waals surface area contributed by atoms with Crippen LogP contribution in [0, 0.1) is 3.57 Å². The molecule has 7 heteroatoms. The number of nitrogens with one attached hydrogen (secondary N) is 1. The second kappa shape index (κ2) is 7.12. The lowest BCUT2D eigenvalue weighted by Crippen LogP contribution is -2.33. The van der Waals surface area contributed by atoms with Crippen LogP contribution in [0.1, 0.15) is 10.4 Å². The van der Waals surface area contributed by atoms with Gasteiger partial charge < -0.3 is 15.2 Å². The predicted molar refractivity (Wildman–Crippen MR) is 83.0 cm³/mol. The van der Waals surface area contributed by atoms with Gasteiger partial charge in [0.25, 0.3) is 5.91 Å². The molecule has 0 aliphatic carbocycles. The second-order valence-electron chi connectivity index (χ2n) is 3.37. The molecule has 1 unspecified atom stereocenters. The third-order valence-corrected chi connectivity index (χ3v) is 3.97. The zero-order chi connectivity index (χ0) is 13.7. The Kier molecular flexibility index (Phi) is 6.12. The Morgan fingerprint density at radius 3 is 2.72 bits per heavy atom. The summed E-state index contributed by atoms with van der Waals surface area (Å²) in [5.41, 5.74) is 0.349. The molecule has 18 heavy (non-hydrogen) atoms. The number of phenolic OH excluding ortho intramolecular Hbond substituents is 1. The number of hydrogen-bond donors (Lipinski definition) is 2. The molecule has 1 amide bonds. The third kappa shape index (κ3) is 4.26. The van der Waals surface area contributed by atoms with Crippen molar-refractivity contribution < 1.29 is 19.4 Å². The molecule has 0 fully saturated rings. The number of carbonyl (C=O) groups is 2. The van der Waals surface area contributed by atoms with Crippen molar-refractivity contribution in [2.75, 3.05) is 13.7 Å². The Labute approximate surface area is 132 Å². The highest BCUT2D eigenvalue weighted by Crippen LogP contribution is 2.20.